The number of ketones is 1. The third-order valence-electron chi connectivity index (χ3n) is 5.75. The number of aromatic nitrogens is 1. The highest BCUT2D eigenvalue weighted by Crippen LogP contribution is 2.37. The highest BCUT2D eigenvalue weighted by Gasteiger charge is 2.34. The fourth-order valence-corrected chi connectivity index (χ4v) is 4.27. The first kappa shape index (κ1) is 25.0. The number of aliphatic carboxylic acids is 1. The van der Waals surface area contributed by atoms with E-state index in [-0.39, 0.29) is 24.2 Å². The standard InChI is InChI=1S/C24H26ClF3N2O3/c25-21-10-8-16(13-20(21)24(26,27)28)17(14-22(32)33)12-19(31)6-2-1-5-18-9-7-15-4-3-11-29-23(15)30-18/h7-10,13,17H,1-6,11-12,14H2,(H,29,30)(H,32,33). The lowest BCUT2D eigenvalue weighted by Gasteiger charge is -2.18. The average Bonchev–Trinajstić information content (AvgIpc) is 2.75. The summed E-state index contributed by atoms with van der Waals surface area (Å²) < 4.78 is 39.5. The van der Waals surface area contributed by atoms with Crippen LogP contribution in [-0.4, -0.2) is 28.4 Å². The Bertz CT molecular complexity index is 1010. The molecule has 1 aliphatic heterocycles. The minimum atomic E-state index is -4.66. The summed E-state index contributed by atoms with van der Waals surface area (Å²) in [7, 11) is 0. The Morgan fingerprint density at radius 1 is 1.15 bits per heavy atom. The molecule has 5 nitrogen and oxygen atoms in total. The summed E-state index contributed by atoms with van der Waals surface area (Å²) in [6, 6.07) is 7.37. The lowest BCUT2D eigenvalue weighted by atomic mass is 9.88. The number of Topliss-reactive ketones (excluding diaryl/α,β-unsaturated/α-hetero) is 1. The third kappa shape index (κ3) is 7.19. The molecule has 0 amide bonds. The van der Waals surface area contributed by atoms with Crippen LogP contribution in [0.5, 0.6) is 0 Å². The molecular formula is C24H26ClF3N2O3. The van der Waals surface area contributed by atoms with Gasteiger partial charge in [0.25, 0.3) is 0 Å². The number of carbonyl (C=O) groups excluding carboxylic acids is 1. The van der Waals surface area contributed by atoms with Crippen LogP contribution in [0, 0.1) is 0 Å². The number of rotatable bonds is 10. The van der Waals surface area contributed by atoms with Gasteiger partial charge in [0.1, 0.15) is 11.6 Å². The first-order chi connectivity index (χ1) is 15.6. The number of unbranched alkanes of at least 4 members (excludes halogenated alkanes) is 1. The Balaban J connectivity index is 1.56. The minimum Gasteiger partial charge on any atom is -0.481 e. The molecule has 2 aromatic rings. The number of benzene rings is 1. The number of fused-ring (bicyclic) bond motifs is 1. The van der Waals surface area contributed by atoms with Crippen molar-refractivity contribution in [2.24, 2.45) is 0 Å². The van der Waals surface area contributed by atoms with Crippen molar-refractivity contribution in [1.29, 1.82) is 0 Å². The van der Waals surface area contributed by atoms with Crippen LogP contribution in [0.2, 0.25) is 5.02 Å². The van der Waals surface area contributed by atoms with Crippen molar-refractivity contribution >= 4 is 29.2 Å². The lowest BCUT2D eigenvalue weighted by Crippen LogP contribution is -2.14. The van der Waals surface area contributed by atoms with Gasteiger partial charge in [-0.15, -0.1) is 0 Å². The van der Waals surface area contributed by atoms with Crippen molar-refractivity contribution in [1.82, 2.24) is 4.98 Å². The van der Waals surface area contributed by atoms with Crippen LogP contribution in [-0.2, 0) is 28.6 Å². The molecule has 0 saturated heterocycles. The summed E-state index contributed by atoms with van der Waals surface area (Å²) in [5, 5.41) is 12.0. The summed E-state index contributed by atoms with van der Waals surface area (Å²) in [6.07, 6.45) is -0.841. The molecule has 9 heteroatoms. The van der Waals surface area contributed by atoms with Crippen molar-refractivity contribution < 1.29 is 27.9 Å². The van der Waals surface area contributed by atoms with Gasteiger partial charge < -0.3 is 10.4 Å². The fraction of sp³-hybridized carbons (Fsp3) is 0.458. The molecule has 1 unspecified atom stereocenters. The number of anilines is 1. The van der Waals surface area contributed by atoms with Gasteiger partial charge in [-0.05, 0) is 61.4 Å². The van der Waals surface area contributed by atoms with E-state index in [0.29, 0.717) is 12.8 Å². The van der Waals surface area contributed by atoms with E-state index in [1.165, 1.54) is 11.6 Å². The number of alkyl halides is 3. The van der Waals surface area contributed by atoms with Gasteiger partial charge >= 0.3 is 12.1 Å². The molecule has 1 aliphatic rings. The van der Waals surface area contributed by atoms with E-state index in [9.17, 15) is 27.9 Å². The number of aryl methyl sites for hydroxylation is 2. The number of nitrogens with one attached hydrogen (secondary N) is 1. The van der Waals surface area contributed by atoms with Crippen LogP contribution >= 0.6 is 11.6 Å². The maximum atomic E-state index is 13.2. The van der Waals surface area contributed by atoms with Gasteiger partial charge in [-0.2, -0.15) is 13.2 Å². The molecule has 0 aliphatic carbocycles. The number of carboxylic acid groups (broad SMARTS) is 1. The predicted molar refractivity (Wildman–Crippen MR) is 120 cm³/mol. The molecule has 2 heterocycles. The van der Waals surface area contributed by atoms with E-state index in [2.05, 4.69) is 16.4 Å². The van der Waals surface area contributed by atoms with E-state index in [4.69, 9.17) is 11.6 Å². The second-order valence-corrected chi connectivity index (χ2v) is 8.73. The third-order valence-corrected chi connectivity index (χ3v) is 6.08. The molecule has 2 N–H and O–H groups in total. The summed E-state index contributed by atoms with van der Waals surface area (Å²) in [5.74, 6) is -1.28. The van der Waals surface area contributed by atoms with E-state index in [1.807, 2.05) is 6.07 Å². The molecule has 0 saturated carbocycles. The van der Waals surface area contributed by atoms with Crippen LogP contribution in [0.3, 0.4) is 0 Å². The van der Waals surface area contributed by atoms with Crippen molar-refractivity contribution in [3.05, 3.63) is 57.7 Å². The molecule has 0 fully saturated rings. The van der Waals surface area contributed by atoms with E-state index in [0.717, 1.165) is 49.5 Å². The Hall–Kier alpha value is -2.61. The summed E-state index contributed by atoms with van der Waals surface area (Å²) in [6.45, 7) is 0.910. The van der Waals surface area contributed by atoms with Crippen LogP contribution in [0.4, 0.5) is 19.0 Å². The number of carbonyl (C=O) groups is 2. The molecule has 0 spiro atoms. The normalized spacial score (nSPS) is 14.3. The largest absolute Gasteiger partial charge is 0.481 e. The number of carboxylic acids is 1. The van der Waals surface area contributed by atoms with E-state index >= 15 is 0 Å². The topological polar surface area (TPSA) is 79.3 Å². The zero-order valence-corrected chi connectivity index (χ0v) is 18.8. The smallest absolute Gasteiger partial charge is 0.417 e. The summed E-state index contributed by atoms with van der Waals surface area (Å²) in [4.78, 5) is 28.4. The second kappa shape index (κ2) is 11.0. The molecule has 1 aromatic carbocycles. The number of nitrogens with zero attached hydrogens (tertiary/aromatic N) is 1. The van der Waals surface area contributed by atoms with Gasteiger partial charge in [0.15, 0.2) is 0 Å². The Labute approximate surface area is 195 Å². The van der Waals surface area contributed by atoms with Crippen LogP contribution < -0.4 is 5.32 Å². The Kier molecular flexibility index (Phi) is 8.35. The van der Waals surface area contributed by atoms with Crippen LogP contribution in [0.15, 0.2) is 30.3 Å². The van der Waals surface area contributed by atoms with Crippen LogP contribution in [0.1, 0.15) is 66.8 Å². The van der Waals surface area contributed by atoms with Crippen molar-refractivity contribution in [2.75, 3.05) is 11.9 Å². The maximum Gasteiger partial charge on any atom is 0.417 e. The van der Waals surface area contributed by atoms with Crippen molar-refractivity contribution in [2.45, 2.75) is 63.5 Å². The van der Waals surface area contributed by atoms with E-state index in [1.54, 1.807) is 0 Å². The lowest BCUT2D eigenvalue weighted by molar-refractivity contribution is -0.138. The van der Waals surface area contributed by atoms with Crippen LogP contribution in [0.25, 0.3) is 0 Å². The van der Waals surface area contributed by atoms with Crippen molar-refractivity contribution in [3.8, 4) is 0 Å². The zero-order valence-electron chi connectivity index (χ0n) is 18.1. The molecule has 3 rings (SSSR count). The van der Waals surface area contributed by atoms with Gasteiger partial charge in [-0.1, -0.05) is 23.7 Å². The van der Waals surface area contributed by atoms with Gasteiger partial charge in [0.2, 0.25) is 0 Å². The second-order valence-electron chi connectivity index (χ2n) is 8.32. The first-order valence-corrected chi connectivity index (χ1v) is 11.3. The molecule has 0 bridgehead atoms. The Morgan fingerprint density at radius 2 is 1.94 bits per heavy atom. The highest BCUT2D eigenvalue weighted by molar-refractivity contribution is 6.31. The average molecular weight is 483 g/mol. The minimum absolute atomic E-state index is 0.133. The quantitative estimate of drug-likeness (QED) is 0.403. The fourth-order valence-electron chi connectivity index (χ4n) is 4.05. The molecule has 0 radical (unpaired) electrons. The zero-order chi connectivity index (χ0) is 24.0. The van der Waals surface area contributed by atoms with Crippen molar-refractivity contribution in [3.63, 3.8) is 0 Å². The number of hydrogen-bond donors (Lipinski definition) is 2. The number of pyridine rings is 1. The highest BCUT2D eigenvalue weighted by atomic mass is 35.5. The van der Waals surface area contributed by atoms with Gasteiger partial charge in [0, 0.05) is 31.0 Å². The SMILES string of the molecule is O=C(O)CC(CC(=O)CCCCc1ccc2c(n1)NCCC2)c1ccc(Cl)c(C(F)(F)F)c1. The molecule has 1 aromatic heterocycles. The first-order valence-electron chi connectivity index (χ1n) is 11.0. The number of hydrogen-bond acceptors (Lipinski definition) is 4. The summed E-state index contributed by atoms with van der Waals surface area (Å²) in [5.41, 5.74) is 1.27. The van der Waals surface area contributed by atoms with E-state index < -0.39 is 35.1 Å². The molecular weight excluding hydrogens is 457 g/mol. The Morgan fingerprint density at radius 3 is 2.67 bits per heavy atom. The summed E-state index contributed by atoms with van der Waals surface area (Å²) >= 11 is 5.66. The molecule has 33 heavy (non-hydrogen) atoms. The monoisotopic (exact) mass is 482 g/mol. The maximum absolute atomic E-state index is 13.2. The predicted octanol–water partition coefficient (Wildman–Crippen LogP) is 6.04. The molecule has 178 valence electrons. The van der Waals surface area contributed by atoms with Gasteiger partial charge in [-0.25, -0.2) is 4.98 Å². The number of halogens is 4. The molecule has 1 atom stereocenters. The van der Waals surface area contributed by atoms with Gasteiger partial charge in [0.05, 0.1) is 17.0 Å². The van der Waals surface area contributed by atoms with Gasteiger partial charge in [-0.3, -0.25) is 9.59 Å².